The van der Waals surface area contributed by atoms with Crippen molar-refractivity contribution in [3.8, 4) is 0 Å². The standard InChI is InChI=1S/C14H21ClN2O3/c1-3-5-10(18)8-16-14(19)17-13-7-4-6-12(15)11(13)9-20-2/h4,6-7,10,18H,3,5,8-9H2,1-2H3,(H2,16,17,19). The first-order chi connectivity index (χ1) is 9.58. The summed E-state index contributed by atoms with van der Waals surface area (Å²) in [6, 6.07) is 4.87. The smallest absolute Gasteiger partial charge is 0.319 e. The number of carbonyl (C=O) groups is 1. The third-order valence-corrected chi connectivity index (χ3v) is 3.13. The third-order valence-electron chi connectivity index (χ3n) is 2.78. The highest BCUT2D eigenvalue weighted by molar-refractivity contribution is 6.31. The Morgan fingerprint density at radius 1 is 1.50 bits per heavy atom. The molecule has 112 valence electrons. The number of aliphatic hydroxyl groups excluding tert-OH is 1. The summed E-state index contributed by atoms with van der Waals surface area (Å²) in [5, 5.41) is 15.4. The Bertz CT molecular complexity index is 440. The molecule has 0 aromatic heterocycles. The summed E-state index contributed by atoms with van der Waals surface area (Å²) in [6.45, 7) is 2.51. The number of anilines is 1. The summed E-state index contributed by atoms with van der Waals surface area (Å²) in [5.41, 5.74) is 1.32. The molecule has 0 spiro atoms. The number of nitrogens with one attached hydrogen (secondary N) is 2. The molecule has 0 aliphatic rings. The molecule has 0 heterocycles. The fraction of sp³-hybridized carbons (Fsp3) is 0.500. The van der Waals surface area contributed by atoms with E-state index in [2.05, 4.69) is 10.6 Å². The van der Waals surface area contributed by atoms with Crippen molar-refractivity contribution in [2.45, 2.75) is 32.5 Å². The summed E-state index contributed by atoms with van der Waals surface area (Å²) < 4.78 is 5.06. The van der Waals surface area contributed by atoms with Crippen LogP contribution in [0, 0.1) is 0 Å². The van der Waals surface area contributed by atoms with Crippen LogP contribution in [0.5, 0.6) is 0 Å². The molecule has 1 rings (SSSR count). The molecule has 1 unspecified atom stereocenters. The molecule has 0 aliphatic carbocycles. The van der Waals surface area contributed by atoms with Gasteiger partial charge < -0.3 is 20.5 Å². The Morgan fingerprint density at radius 3 is 2.90 bits per heavy atom. The van der Waals surface area contributed by atoms with Crippen molar-refractivity contribution in [3.05, 3.63) is 28.8 Å². The number of carbonyl (C=O) groups excluding carboxylic acids is 1. The number of methoxy groups -OCH3 is 1. The molecule has 2 amide bonds. The lowest BCUT2D eigenvalue weighted by atomic mass is 10.2. The first-order valence-corrected chi connectivity index (χ1v) is 6.95. The predicted octanol–water partition coefficient (Wildman–Crippen LogP) is 2.77. The Kier molecular flexibility index (Phi) is 7.36. The van der Waals surface area contributed by atoms with Crippen molar-refractivity contribution in [2.24, 2.45) is 0 Å². The highest BCUT2D eigenvalue weighted by Gasteiger charge is 2.11. The molecule has 0 aliphatic heterocycles. The summed E-state index contributed by atoms with van der Waals surface area (Å²) in [7, 11) is 1.56. The minimum Gasteiger partial charge on any atom is -0.391 e. The monoisotopic (exact) mass is 300 g/mol. The number of aliphatic hydroxyl groups is 1. The third kappa shape index (κ3) is 5.36. The maximum absolute atomic E-state index is 11.8. The Hall–Kier alpha value is -1.30. The second-order valence-electron chi connectivity index (χ2n) is 4.48. The Balaban J connectivity index is 2.59. The number of hydrogen-bond donors (Lipinski definition) is 3. The number of urea groups is 1. The van der Waals surface area contributed by atoms with Gasteiger partial charge in [0.05, 0.1) is 12.7 Å². The van der Waals surface area contributed by atoms with Gasteiger partial charge in [-0.3, -0.25) is 0 Å². The van der Waals surface area contributed by atoms with Gasteiger partial charge >= 0.3 is 6.03 Å². The molecule has 1 aromatic rings. The highest BCUT2D eigenvalue weighted by atomic mass is 35.5. The molecule has 1 atom stereocenters. The van der Waals surface area contributed by atoms with Gasteiger partial charge in [-0.05, 0) is 18.6 Å². The molecular weight excluding hydrogens is 280 g/mol. The molecule has 1 aromatic carbocycles. The van der Waals surface area contributed by atoms with E-state index in [1.165, 1.54) is 0 Å². The lowest BCUT2D eigenvalue weighted by Gasteiger charge is -2.14. The quantitative estimate of drug-likeness (QED) is 0.725. The van der Waals surface area contributed by atoms with Crippen LogP contribution in [0.25, 0.3) is 0 Å². The maximum Gasteiger partial charge on any atom is 0.319 e. The minimum absolute atomic E-state index is 0.222. The van der Waals surface area contributed by atoms with Crippen molar-refractivity contribution in [2.75, 3.05) is 19.0 Å². The van der Waals surface area contributed by atoms with E-state index in [1.807, 2.05) is 6.92 Å². The van der Waals surface area contributed by atoms with Gasteiger partial charge in [0.2, 0.25) is 0 Å². The SMILES string of the molecule is CCCC(O)CNC(=O)Nc1cccc(Cl)c1COC. The zero-order valence-electron chi connectivity index (χ0n) is 11.8. The van der Waals surface area contributed by atoms with Crippen LogP contribution in [-0.2, 0) is 11.3 Å². The molecule has 6 heteroatoms. The lowest BCUT2D eigenvalue weighted by molar-refractivity contribution is 0.162. The largest absolute Gasteiger partial charge is 0.391 e. The maximum atomic E-state index is 11.8. The zero-order valence-corrected chi connectivity index (χ0v) is 12.5. The van der Waals surface area contributed by atoms with E-state index >= 15 is 0 Å². The van der Waals surface area contributed by atoms with Crippen molar-refractivity contribution in [1.82, 2.24) is 5.32 Å². The van der Waals surface area contributed by atoms with E-state index < -0.39 is 6.10 Å². The molecule has 0 radical (unpaired) electrons. The molecule has 3 N–H and O–H groups in total. The fourth-order valence-corrected chi connectivity index (χ4v) is 2.01. The van der Waals surface area contributed by atoms with Gasteiger partial charge in [0.1, 0.15) is 0 Å². The van der Waals surface area contributed by atoms with Crippen LogP contribution < -0.4 is 10.6 Å². The number of amides is 2. The number of hydrogen-bond acceptors (Lipinski definition) is 3. The Morgan fingerprint density at radius 2 is 2.25 bits per heavy atom. The first kappa shape index (κ1) is 16.8. The molecule has 5 nitrogen and oxygen atoms in total. The fourth-order valence-electron chi connectivity index (χ4n) is 1.78. The molecule has 20 heavy (non-hydrogen) atoms. The average Bonchev–Trinajstić information content (AvgIpc) is 2.41. The zero-order chi connectivity index (χ0) is 15.0. The van der Waals surface area contributed by atoms with Crippen LogP contribution in [0.4, 0.5) is 10.5 Å². The van der Waals surface area contributed by atoms with Crippen LogP contribution in [-0.4, -0.2) is 30.9 Å². The highest BCUT2D eigenvalue weighted by Crippen LogP contribution is 2.24. The van der Waals surface area contributed by atoms with Crippen molar-refractivity contribution in [1.29, 1.82) is 0 Å². The number of benzene rings is 1. The number of ether oxygens (including phenoxy) is 1. The lowest BCUT2D eigenvalue weighted by Crippen LogP contribution is -2.35. The van der Waals surface area contributed by atoms with E-state index in [9.17, 15) is 9.90 Å². The summed E-state index contributed by atoms with van der Waals surface area (Å²) in [5.74, 6) is 0. The molecular formula is C14H21ClN2O3. The van der Waals surface area contributed by atoms with E-state index in [-0.39, 0.29) is 12.6 Å². The van der Waals surface area contributed by atoms with Gasteiger partial charge in [0.15, 0.2) is 0 Å². The number of halogens is 1. The summed E-state index contributed by atoms with van der Waals surface area (Å²) >= 11 is 6.07. The molecule has 0 bridgehead atoms. The summed E-state index contributed by atoms with van der Waals surface area (Å²) in [4.78, 5) is 11.8. The van der Waals surface area contributed by atoms with Crippen molar-refractivity contribution < 1.29 is 14.6 Å². The molecule has 0 saturated carbocycles. The summed E-state index contributed by atoms with van der Waals surface area (Å²) in [6.07, 6.45) is 1.01. The second-order valence-corrected chi connectivity index (χ2v) is 4.88. The molecule has 0 fully saturated rings. The minimum atomic E-state index is -0.524. The van der Waals surface area contributed by atoms with E-state index in [0.717, 1.165) is 12.0 Å². The van der Waals surface area contributed by atoms with Crippen LogP contribution in [0.2, 0.25) is 5.02 Å². The Labute approximate surface area is 124 Å². The van der Waals surface area contributed by atoms with Crippen molar-refractivity contribution >= 4 is 23.3 Å². The predicted molar refractivity (Wildman–Crippen MR) is 80.1 cm³/mol. The van der Waals surface area contributed by atoms with Gasteiger partial charge in [0, 0.05) is 29.9 Å². The average molecular weight is 301 g/mol. The normalized spacial score (nSPS) is 12.0. The second kappa shape index (κ2) is 8.79. The van der Waals surface area contributed by atoms with Gasteiger partial charge in [-0.25, -0.2) is 4.79 Å². The van der Waals surface area contributed by atoms with Crippen LogP contribution in [0.3, 0.4) is 0 Å². The van der Waals surface area contributed by atoms with Crippen molar-refractivity contribution in [3.63, 3.8) is 0 Å². The van der Waals surface area contributed by atoms with Crippen LogP contribution in [0.15, 0.2) is 18.2 Å². The van der Waals surface area contributed by atoms with E-state index in [0.29, 0.717) is 23.7 Å². The van der Waals surface area contributed by atoms with E-state index in [1.54, 1.807) is 25.3 Å². The van der Waals surface area contributed by atoms with Crippen LogP contribution >= 0.6 is 11.6 Å². The molecule has 0 saturated heterocycles. The van der Waals surface area contributed by atoms with Gasteiger partial charge in [-0.2, -0.15) is 0 Å². The van der Waals surface area contributed by atoms with Gasteiger partial charge in [0.25, 0.3) is 0 Å². The topological polar surface area (TPSA) is 70.6 Å². The van der Waals surface area contributed by atoms with Gasteiger partial charge in [-0.1, -0.05) is 31.0 Å². The first-order valence-electron chi connectivity index (χ1n) is 6.57. The van der Waals surface area contributed by atoms with Crippen LogP contribution in [0.1, 0.15) is 25.3 Å². The number of rotatable bonds is 7. The van der Waals surface area contributed by atoms with E-state index in [4.69, 9.17) is 16.3 Å². The van der Waals surface area contributed by atoms with Gasteiger partial charge in [-0.15, -0.1) is 0 Å².